The smallest absolute Gasteiger partial charge is 0.251 e. The molecule has 0 aliphatic rings. The lowest BCUT2D eigenvalue weighted by Gasteiger charge is -2.14. The topological polar surface area (TPSA) is 97.4 Å². The Hall–Kier alpha value is -2.45. The Labute approximate surface area is 153 Å². The molecule has 0 saturated carbocycles. The number of aromatic nitrogens is 1. The number of carbonyl (C=O) groups is 1. The van der Waals surface area contributed by atoms with Crippen molar-refractivity contribution >= 4 is 15.9 Å². The van der Waals surface area contributed by atoms with Crippen molar-refractivity contribution in [2.45, 2.75) is 31.2 Å². The van der Waals surface area contributed by atoms with Crippen LogP contribution in [-0.4, -0.2) is 39.0 Å². The summed E-state index contributed by atoms with van der Waals surface area (Å²) in [4.78, 5) is 16.5. The van der Waals surface area contributed by atoms with Gasteiger partial charge in [-0.15, -0.1) is 0 Å². The SMILES string of the molecule is COc1ccc(C(=O)NCCc2ccccn2)cc1S(=O)(=O)NC(C)C. The van der Waals surface area contributed by atoms with Gasteiger partial charge in [0.05, 0.1) is 7.11 Å². The number of benzene rings is 1. The maximum absolute atomic E-state index is 12.5. The van der Waals surface area contributed by atoms with Crippen LogP contribution in [0.3, 0.4) is 0 Å². The number of nitrogens with one attached hydrogen (secondary N) is 2. The second-order valence-corrected chi connectivity index (χ2v) is 7.65. The zero-order valence-electron chi connectivity index (χ0n) is 15.0. The minimum atomic E-state index is -3.79. The quantitative estimate of drug-likeness (QED) is 0.730. The van der Waals surface area contributed by atoms with Crippen LogP contribution in [0, 0.1) is 0 Å². The minimum Gasteiger partial charge on any atom is -0.495 e. The van der Waals surface area contributed by atoms with Crippen molar-refractivity contribution < 1.29 is 17.9 Å². The summed E-state index contributed by atoms with van der Waals surface area (Å²) >= 11 is 0. The van der Waals surface area contributed by atoms with E-state index in [0.29, 0.717) is 13.0 Å². The van der Waals surface area contributed by atoms with E-state index in [0.717, 1.165) is 5.69 Å². The molecule has 1 aromatic carbocycles. The van der Waals surface area contributed by atoms with E-state index in [4.69, 9.17) is 4.74 Å². The molecule has 2 aromatic rings. The van der Waals surface area contributed by atoms with Crippen molar-refractivity contribution in [3.63, 3.8) is 0 Å². The first-order valence-corrected chi connectivity index (χ1v) is 9.70. The predicted octanol–water partition coefficient (Wildman–Crippen LogP) is 1.75. The Bertz CT molecular complexity index is 852. The molecule has 0 atom stereocenters. The number of nitrogens with zero attached hydrogens (tertiary/aromatic N) is 1. The molecule has 7 nitrogen and oxygen atoms in total. The molecule has 8 heteroatoms. The first kappa shape index (κ1) is 19.9. The third-order valence-electron chi connectivity index (χ3n) is 3.50. The van der Waals surface area contributed by atoms with Gasteiger partial charge in [-0.3, -0.25) is 9.78 Å². The molecule has 0 fully saturated rings. The fourth-order valence-electron chi connectivity index (χ4n) is 2.35. The van der Waals surface area contributed by atoms with E-state index in [1.165, 1.54) is 25.3 Å². The lowest BCUT2D eigenvalue weighted by molar-refractivity contribution is 0.0954. The average Bonchev–Trinajstić information content (AvgIpc) is 2.61. The van der Waals surface area contributed by atoms with Crippen molar-refractivity contribution in [2.75, 3.05) is 13.7 Å². The van der Waals surface area contributed by atoms with Gasteiger partial charge in [-0.25, -0.2) is 13.1 Å². The van der Waals surface area contributed by atoms with E-state index in [1.54, 1.807) is 20.0 Å². The number of hydrogen-bond acceptors (Lipinski definition) is 5. The Balaban J connectivity index is 2.14. The van der Waals surface area contributed by atoms with Crippen LogP contribution in [0.1, 0.15) is 29.9 Å². The van der Waals surface area contributed by atoms with E-state index in [9.17, 15) is 13.2 Å². The van der Waals surface area contributed by atoms with Crippen LogP contribution in [-0.2, 0) is 16.4 Å². The van der Waals surface area contributed by atoms with Crippen LogP contribution in [0.2, 0.25) is 0 Å². The Morgan fingerprint density at radius 3 is 2.62 bits per heavy atom. The molecule has 2 rings (SSSR count). The molecule has 1 aromatic heterocycles. The first-order valence-electron chi connectivity index (χ1n) is 8.22. The predicted molar refractivity (Wildman–Crippen MR) is 98.7 cm³/mol. The van der Waals surface area contributed by atoms with Crippen LogP contribution in [0.15, 0.2) is 47.5 Å². The summed E-state index contributed by atoms with van der Waals surface area (Å²) in [6, 6.07) is 9.63. The van der Waals surface area contributed by atoms with Gasteiger partial charge in [0, 0.05) is 36.5 Å². The van der Waals surface area contributed by atoms with Gasteiger partial charge in [-0.05, 0) is 44.2 Å². The lowest BCUT2D eigenvalue weighted by Crippen LogP contribution is -2.31. The molecule has 0 unspecified atom stereocenters. The van der Waals surface area contributed by atoms with Gasteiger partial charge < -0.3 is 10.1 Å². The number of sulfonamides is 1. The van der Waals surface area contributed by atoms with Crippen molar-refractivity contribution in [1.82, 2.24) is 15.0 Å². The number of ether oxygens (including phenoxy) is 1. The highest BCUT2D eigenvalue weighted by atomic mass is 32.2. The van der Waals surface area contributed by atoms with Gasteiger partial charge >= 0.3 is 0 Å². The molecule has 0 aliphatic heterocycles. The monoisotopic (exact) mass is 377 g/mol. The van der Waals surface area contributed by atoms with Crippen molar-refractivity contribution in [3.8, 4) is 5.75 Å². The highest BCUT2D eigenvalue weighted by molar-refractivity contribution is 7.89. The molecule has 0 radical (unpaired) electrons. The summed E-state index contributed by atoms with van der Waals surface area (Å²) in [6.45, 7) is 3.84. The Morgan fingerprint density at radius 2 is 2.00 bits per heavy atom. The summed E-state index contributed by atoms with van der Waals surface area (Å²) in [7, 11) is -2.40. The molecule has 26 heavy (non-hydrogen) atoms. The summed E-state index contributed by atoms with van der Waals surface area (Å²) < 4.78 is 32.6. The van der Waals surface area contributed by atoms with E-state index < -0.39 is 10.0 Å². The third-order valence-corrected chi connectivity index (χ3v) is 5.18. The van der Waals surface area contributed by atoms with Crippen molar-refractivity contribution in [2.24, 2.45) is 0 Å². The maximum Gasteiger partial charge on any atom is 0.251 e. The standard InChI is InChI=1S/C18H23N3O4S/c1-13(2)21-26(23,24)17-12-14(7-8-16(17)25-3)18(22)20-11-9-15-6-4-5-10-19-15/h4-8,10,12-13,21H,9,11H2,1-3H3,(H,20,22). The van der Waals surface area contributed by atoms with E-state index in [-0.39, 0.29) is 28.2 Å². The molecule has 0 aliphatic carbocycles. The van der Waals surface area contributed by atoms with Gasteiger partial charge in [0.15, 0.2) is 0 Å². The molecular weight excluding hydrogens is 354 g/mol. The second-order valence-electron chi connectivity index (χ2n) is 5.97. The fraction of sp³-hybridized carbons (Fsp3) is 0.333. The fourth-order valence-corrected chi connectivity index (χ4v) is 3.80. The second kappa shape index (κ2) is 8.77. The number of carbonyl (C=O) groups excluding carboxylic acids is 1. The van der Waals surface area contributed by atoms with Gasteiger partial charge in [-0.2, -0.15) is 0 Å². The number of methoxy groups -OCH3 is 1. The highest BCUT2D eigenvalue weighted by Crippen LogP contribution is 2.25. The maximum atomic E-state index is 12.5. The molecule has 2 N–H and O–H groups in total. The zero-order valence-corrected chi connectivity index (χ0v) is 15.8. The average molecular weight is 377 g/mol. The van der Waals surface area contributed by atoms with Crippen molar-refractivity contribution in [1.29, 1.82) is 0 Å². The van der Waals surface area contributed by atoms with Gasteiger partial charge in [-0.1, -0.05) is 6.07 Å². The first-order chi connectivity index (χ1) is 12.3. The summed E-state index contributed by atoms with van der Waals surface area (Å²) in [5.41, 5.74) is 1.11. The molecule has 1 heterocycles. The number of pyridine rings is 1. The molecule has 140 valence electrons. The summed E-state index contributed by atoms with van der Waals surface area (Å²) in [5.74, 6) is -0.173. The molecule has 1 amide bonds. The van der Waals surface area contributed by atoms with E-state index in [1.807, 2.05) is 18.2 Å². The van der Waals surface area contributed by atoms with Crippen LogP contribution in [0.25, 0.3) is 0 Å². The molecular formula is C18H23N3O4S. The minimum absolute atomic E-state index is 0.0638. The Morgan fingerprint density at radius 1 is 1.23 bits per heavy atom. The summed E-state index contributed by atoms with van der Waals surface area (Å²) in [5, 5.41) is 2.77. The van der Waals surface area contributed by atoms with E-state index in [2.05, 4.69) is 15.0 Å². The Kier molecular flexibility index (Phi) is 6.70. The molecule has 0 saturated heterocycles. The largest absolute Gasteiger partial charge is 0.495 e. The normalized spacial score (nSPS) is 11.4. The van der Waals surface area contributed by atoms with Gasteiger partial charge in [0.2, 0.25) is 10.0 Å². The zero-order chi connectivity index (χ0) is 19.2. The number of amides is 1. The third kappa shape index (κ3) is 5.27. The van der Waals surface area contributed by atoms with Gasteiger partial charge in [0.25, 0.3) is 5.91 Å². The van der Waals surface area contributed by atoms with E-state index >= 15 is 0 Å². The molecule has 0 bridgehead atoms. The van der Waals surface area contributed by atoms with Gasteiger partial charge in [0.1, 0.15) is 10.6 Å². The number of rotatable bonds is 8. The number of hydrogen-bond donors (Lipinski definition) is 2. The highest BCUT2D eigenvalue weighted by Gasteiger charge is 2.22. The van der Waals surface area contributed by atoms with Crippen LogP contribution in [0.4, 0.5) is 0 Å². The van der Waals surface area contributed by atoms with Crippen molar-refractivity contribution in [3.05, 3.63) is 53.9 Å². The van der Waals surface area contributed by atoms with Crippen LogP contribution in [0.5, 0.6) is 5.75 Å². The summed E-state index contributed by atoms with van der Waals surface area (Å²) in [6.07, 6.45) is 2.28. The van der Waals surface area contributed by atoms with Crippen LogP contribution >= 0.6 is 0 Å². The van der Waals surface area contributed by atoms with Crippen LogP contribution < -0.4 is 14.8 Å². The lowest BCUT2D eigenvalue weighted by atomic mass is 10.2. The molecule has 0 spiro atoms.